The molecule has 0 amide bonds. The number of rotatable bonds is 5. The van der Waals surface area contributed by atoms with E-state index >= 15 is 0 Å². The minimum absolute atomic E-state index is 0.00602. The second-order valence-corrected chi connectivity index (χ2v) is 8.69. The van der Waals surface area contributed by atoms with Crippen molar-refractivity contribution in [1.82, 2.24) is 9.21 Å². The molecule has 0 spiro atoms. The van der Waals surface area contributed by atoms with Gasteiger partial charge in [-0.25, -0.2) is 8.42 Å². The van der Waals surface area contributed by atoms with Crippen LogP contribution < -0.4 is 0 Å². The van der Waals surface area contributed by atoms with Gasteiger partial charge in [-0.1, -0.05) is 6.42 Å². The lowest BCUT2D eigenvalue weighted by atomic mass is 10.0. The van der Waals surface area contributed by atoms with Crippen LogP contribution in [0.1, 0.15) is 39.0 Å². The van der Waals surface area contributed by atoms with Crippen LogP contribution in [0.25, 0.3) is 0 Å². The summed E-state index contributed by atoms with van der Waals surface area (Å²) in [6.07, 6.45) is 3.51. The fourth-order valence-electron chi connectivity index (χ4n) is 3.31. The van der Waals surface area contributed by atoms with E-state index in [1.807, 2.05) is 0 Å². The Morgan fingerprint density at radius 3 is 1.76 bits per heavy atom. The van der Waals surface area contributed by atoms with Crippen LogP contribution >= 0.6 is 0 Å². The van der Waals surface area contributed by atoms with Gasteiger partial charge in [-0.2, -0.15) is 30.6 Å². The molecule has 0 bridgehead atoms. The number of alkyl halides is 6. The number of sulfonamides is 1. The summed E-state index contributed by atoms with van der Waals surface area (Å²) in [7, 11) is -5.91. The largest absolute Gasteiger partial charge is 0.427 e. The van der Waals surface area contributed by atoms with Gasteiger partial charge in [0, 0.05) is 26.1 Å². The Balaban J connectivity index is 2.10. The zero-order chi connectivity index (χ0) is 19.1. The molecule has 4 nitrogen and oxygen atoms in total. The van der Waals surface area contributed by atoms with Crippen molar-refractivity contribution in [3.05, 3.63) is 0 Å². The molecular formula is C14H22F6N2O2S. The van der Waals surface area contributed by atoms with Crippen LogP contribution in [0, 0.1) is 0 Å². The first kappa shape index (κ1) is 20.8. The molecule has 0 aliphatic carbocycles. The maximum Gasteiger partial charge on any atom is 0.427 e. The summed E-state index contributed by atoms with van der Waals surface area (Å²) in [5.41, 5.74) is 0. The molecule has 0 radical (unpaired) electrons. The fraction of sp³-hybridized carbons (Fsp3) is 1.00. The Bertz CT molecular complexity index is 564. The van der Waals surface area contributed by atoms with Crippen LogP contribution in [0.5, 0.6) is 0 Å². The van der Waals surface area contributed by atoms with Gasteiger partial charge in [0.25, 0.3) is 10.0 Å². The second kappa shape index (κ2) is 6.88. The van der Waals surface area contributed by atoms with Crippen LogP contribution in [-0.2, 0) is 10.0 Å². The maximum absolute atomic E-state index is 13.8. The number of nitrogens with zero attached hydrogens (tertiary/aromatic N) is 2. The van der Waals surface area contributed by atoms with Gasteiger partial charge in [0.1, 0.15) is 0 Å². The topological polar surface area (TPSA) is 40.6 Å². The maximum atomic E-state index is 13.8. The molecule has 2 aliphatic rings. The van der Waals surface area contributed by atoms with Crippen LogP contribution in [0.2, 0.25) is 0 Å². The Morgan fingerprint density at radius 2 is 1.32 bits per heavy atom. The highest BCUT2D eigenvalue weighted by Crippen LogP contribution is 2.49. The lowest BCUT2D eigenvalue weighted by molar-refractivity contribution is -0.272. The monoisotopic (exact) mass is 396 g/mol. The van der Waals surface area contributed by atoms with Crippen molar-refractivity contribution in [1.29, 1.82) is 0 Å². The van der Waals surface area contributed by atoms with Crippen molar-refractivity contribution in [2.45, 2.75) is 62.2 Å². The molecule has 2 rings (SSSR count). The summed E-state index contributed by atoms with van der Waals surface area (Å²) < 4.78 is 104. The zero-order valence-electron chi connectivity index (χ0n) is 13.8. The average Bonchev–Trinajstić information content (AvgIpc) is 2.54. The number of piperidine rings is 2. The quantitative estimate of drug-likeness (QED) is 0.671. The first-order chi connectivity index (χ1) is 11.3. The third-order valence-electron chi connectivity index (χ3n) is 4.91. The van der Waals surface area contributed by atoms with Crippen LogP contribution in [0.4, 0.5) is 26.3 Å². The third kappa shape index (κ3) is 3.64. The van der Waals surface area contributed by atoms with Crippen LogP contribution in [-0.4, -0.2) is 66.9 Å². The van der Waals surface area contributed by atoms with E-state index in [1.54, 1.807) is 0 Å². The van der Waals surface area contributed by atoms with E-state index < -0.39 is 34.0 Å². The standard InChI is InChI=1S/C14H22F6N2O2S/c1-12(15,16)13(17,18)14(19,20)25(23,24)22-9-5-11(6-10-22)21-7-3-2-4-8-21/h11H,2-10H2,1H3. The lowest BCUT2D eigenvalue weighted by Crippen LogP contribution is -2.61. The van der Waals surface area contributed by atoms with E-state index in [1.165, 1.54) is 0 Å². The van der Waals surface area contributed by atoms with Crippen molar-refractivity contribution in [3.8, 4) is 0 Å². The predicted molar refractivity (Wildman–Crippen MR) is 79.5 cm³/mol. The highest BCUT2D eigenvalue weighted by Gasteiger charge is 2.76. The summed E-state index contributed by atoms with van der Waals surface area (Å²) in [5.74, 6) is -11.2. The normalized spacial score (nSPS) is 23.8. The minimum Gasteiger partial charge on any atom is -0.300 e. The molecule has 2 fully saturated rings. The third-order valence-corrected chi connectivity index (χ3v) is 6.86. The van der Waals surface area contributed by atoms with Crippen molar-refractivity contribution >= 4 is 10.0 Å². The molecule has 0 atom stereocenters. The summed E-state index contributed by atoms with van der Waals surface area (Å²) in [6, 6.07) is -0.00602. The van der Waals surface area contributed by atoms with Gasteiger partial charge in [0.05, 0.1) is 0 Å². The van der Waals surface area contributed by atoms with Crippen molar-refractivity contribution in [2.24, 2.45) is 0 Å². The number of hydrogen-bond donors (Lipinski definition) is 0. The summed E-state index contributed by atoms with van der Waals surface area (Å²) in [4.78, 5) is 2.14. The van der Waals surface area contributed by atoms with Gasteiger partial charge >= 0.3 is 17.1 Å². The van der Waals surface area contributed by atoms with Gasteiger partial charge < -0.3 is 4.90 Å². The lowest BCUT2D eigenvalue weighted by Gasteiger charge is -2.41. The fourth-order valence-corrected chi connectivity index (χ4v) is 4.83. The molecule has 0 aromatic rings. The van der Waals surface area contributed by atoms with Crippen molar-refractivity contribution in [2.75, 3.05) is 26.2 Å². The van der Waals surface area contributed by atoms with Gasteiger partial charge in [-0.05, 0) is 38.8 Å². The molecule has 0 aromatic carbocycles. The molecule has 11 heteroatoms. The molecule has 0 saturated carbocycles. The van der Waals surface area contributed by atoms with Crippen molar-refractivity contribution < 1.29 is 34.8 Å². The molecule has 25 heavy (non-hydrogen) atoms. The molecule has 148 valence electrons. The summed E-state index contributed by atoms with van der Waals surface area (Å²) in [5, 5.41) is -5.88. The van der Waals surface area contributed by atoms with Gasteiger partial charge in [-0.3, -0.25) is 0 Å². The first-order valence-electron chi connectivity index (χ1n) is 8.19. The molecule has 0 N–H and O–H groups in total. The number of hydrogen-bond acceptors (Lipinski definition) is 3. The van der Waals surface area contributed by atoms with E-state index in [9.17, 15) is 34.8 Å². The SMILES string of the molecule is CC(F)(F)C(F)(F)C(F)(F)S(=O)(=O)N1CCC(N2CCCCC2)CC1. The smallest absolute Gasteiger partial charge is 0.300 e. The molecule has 2 saturated heterocycles. The number of likely N-dealkylation sites (tertiary alicyclic amines) is 1. The summed E-state index contributed by atoms with van der Waals surface area (Å²) >= 11 is 0. The Kier molecular flexibility index (Phi) is 5.71. The Labute approximate surface area is 143 Å². The van der Waals surface area contributed by atoms with E-state index in [4.69, 9.17) is 0 Å². The van der Waals surface area contributed by atoms with E-state index in [0.29, 0.717) is 0 Å². The number of halogens is 6. The molecule has 2 heterocycles. The summed E-state index contributed by atoms with van der Waals surface area (Å²) in [6.45, 7) is 0.468. The van der Waals surface area contributed by atoms with Crippen molar-refractivity contribution in [3.63, 3.8) is 0 Å². The molecule has 0 aromatic heterocycles. The van der Waals surface area contributed by atoms with Gasteiger partial charge in [0.15, 0.2) is 0 Å². The Morgan fingerprint density at radius 1 is 0.840 bits per heavy atom. The molecular weight excluding hydrogens is 374 g/mol. The highest BCUT2D eigenvalue weighted by atomic mass is 32.2. The van der Waals surface area contributed by atoms with Crippen LogP contribution in [0.3, 0.4) is 0 Å². The van der Waals surface area contributed by atoms with E-state index in [0.717, 1.165) is 32.4 Å². The highest BCUT2D eigenvalue weighted by molar-refractivity contribution is 7.90. The zero-order valence-corrected chi connectivity index (χ0v) is 14.6. The second-order valence-electron chi connectivity index (χ2n) is 6.71. The van der Waals surface area contributed by atoms with Gasteiger partial charge in [-0.15, -0.1) is 0 Å². The Hall–Kier alpha value is -0.550. The predicted octanol–water partition coefficient (Wildman–Crippen LogP) is 3.15. The van der Waals surface area contributed by atoms with E-state index in [2.05, 4.69) is 4.90 Å². The first-order valence-corrected chi connectivity index (χ1v) is 9.63. The minimum atomic E-state index is -6.00. The van der Waals surface area contributed by atoms with E-state index in [-0.39, 0.29) is 36.3 Å². The van der Waals surface area contributed by atoms with Crippen LogP contribution in [0.15, 0.2) is 0 Å². The average molecular weight is 396 g/mol. The molecule has 2 aliphatic heterocycles. The molecule has 0 unspecified atom stereocenters. The van der Waals surface area contributed by atoms with Gasteiger partial charge in [0.2, 0.25) is 0 Å².